The number of Topliss-reactive ketones (excluding diaryl/α,β-unsaturated/α-hetero) is 1. The number of rotatable bonds is 4. The van der Waals surface area contributed by atoms with Crippen LogP contribution in [0.5, 0.6) is 11.5 Å². The lowest BCUT2D eigenvalue weighted by molar-refractivity contribution is -0.127. The largest absolute Gasteiger partial charge is 0.497 e. The van der Waals surface area contributed by atoms with Gasteiger partial charge in [0.2, 0.25) is 11.8 Å². The molecular formula is C23H20N2O5. The van der Waals surface area contributed by atoms with E-state index in [1.54, 1.807) is 18.2 Å². The predicted molar refractivity (Wildman–Crippen MR) is 108 cm³/mol. The number of methoxy groups -OCH3 is 2. The van der Waals surface area contributed by atoms with Gasteiger partial charge in [-0.15, -0.1) is 0 Å². The number of ether oxygens (including phenoxy) is 2. The zero-order valence-electron chi connectivity index (χ0n) is 16.5. The van der Waals surface area contributed by atoms with Crippen LogP contribution in [0.1, 0.15) is 27.5 Å². The molecule has 0 aromatic heterocycles. The number of nitrogens with one attached hydrogen (secondary N) is 1. The third-order valence-corrected chi connectivity index (χ3v) is 6.24. The van der Waals surface area contributed by atoms with Crippen molar-refractivity contribution in [2.75, 3.05) is 14.2 Å². The highest BCUT2D eigenvalue weighted by molar-refractivity contribution is 6.12. The van der Waals surface area contributed by atoms with Crippen LogP contribution >= 0.6 is 0 Å². The van der Waals surface area contributed by atoms with Gasteiger partial charge in [0.25, 0.3) is 0 Å². The van der Waals surface area contributed by atoms with Crippen LogP contribution in [0, 0.1) is 11.8 Å². The maximum Gasteiger partial charge on any atom is 0.233 e. The molecule has 2 aromatic rings. The highest BCUT2D eigenvalue weighted by atomic mass is 16.5. The molecule has 2 saturated heterocycles. The van der Waals surface area contributed by atoms with Crippen LogP contribution in [0.3, 0.4) is 0 Å². The number of benzene rings is 2. The summed E-state index contributed by atoms with van der Waals surface area (Å²) in [6.07, 6.45) is 3.74. The molecule has 3 heterocycles. The van der Waals surface area contributed by atoms with Crippen LogP contribution in [0.2, 0.25) is 0 Å². The maximum atomic E-state index is 13.8. The molecule has 2 amide bonds. The minimum absolute atomic E-state index is 0.280. The monoisotopic (exact) mass is 404 g/mol. The number of nitrogens with zero attached hydrogens (tertiary/aromatic N) is 1. The Kier molecular flexibility index (Phi) is 4.13. The summed E-state index contributed by atoms with van der Waals surface area (Å²) >= 11 is 0. The molecule has 1 unspecified atom stereocenters. The maximum absolute atomic E-state index is 13.8. The standard InChI is InChI=1S/C23H20N2O5/c1-29-13-7-8-16(30-2)15(11-13)21(26)20-18-17(22(27)24-23(18)28)19-14-6-4-3-5-12(14)9-10-25(19)20/h3-11,17-20H,1-2H3,(H,24,27,28)/t17-,18+,19?,20-/m0/s1. The van der Waals surface area contributed by atoms with E-state index in [1.807, 2.05) is 41.4 Å². The summed E-state index contributed by atoms with van der Waals surface area (Å²) in [5.74, 6) is -1.53. The summed E-state index contributed by atoms with van der Waals surface area (Å²) in [5, 5.41) is 2.43. The minimum Gasteiger partial charge on any atom is -0.497 e. The van der Waals surface area contributed by atoms with E-state index in [0.717, 1.165) is 11.1 Å². The molecule has 2 fully saturated rings. The third kappa shape index (κ3) is 2.48. The number of fused-ring (bicyclic) bond motifs is 5. The molecule has 30 heavy (non-hydrogen) atoms. The van der Waals surface area contributed by atoms with E-state index in [0.29, 0.717) is 17.1 Å². The summed E-state index contributed by atoms with van der Waals surface area (Å²) in [6, 6.07) is 11.5. The fraction of sp³-hybridized carbons (Fsp3) is 0.261. The molecule has 3 aliphatic rings. The van der Waals surface area contributed by atoms with Crippen molar-refractivity contribution in [3.05, 3.63) is 65.4 Å². The second kappa shape index (κ2) is 6.73. The molecule has 7 heteroatoms. The van der Waals surface area contributed by atoms with E-state index < -0.39 is 23.8 Å². The van der Waals surface area contributed by atoms with Crippen molar-refractivity contribution in [1.82, 2.24) is 10.2 Å². The molecular weight excluding hydrogens is 384 g/mol. The fourth-order valence-electron chi connectivity index (χ4n) is 4.94. The van der Waals surface area contributed by atoms with Crippen molar-refractivity contribution in [3.8, 4) is 11.5 Å². The molecule has 0 aliphatic carbocycles. The topological polar surface area (TPSA) is 84.9 Å². The Morgan fingerprint density at radius 1 is 1.00 bits per heavy atom. The number of hydrogen-bond acceptors (Lipinski definition) is 6. The van der Waals surface area contributed by atoms with Gasteiger partial charge in [-0.1, -0.05) is 24.3 Å². The molecule has 7 nitrogen and oxygen atoms in total. The van der Waals surface area contributed by atoms with Crippen molar-refractivity contribution >= 4 is 23.7 Å². The van der Waals surface area contributed by atoms with Crippen LogP contribution in [-0.4, -0.2) is 42.8 Å². The van der Waals surface area contributed by atoms with E-state index in [9.17, 15) is 14.4 Å². The van der Waals surface area contributed by atoms with Crippen molar-refractivity contribution in [2.24, 2.45) is 11.8 Å². The van der Waals surface area contributed by atoms with Crippen LogP contribution in [-0.2, 0) is 9.59 Å². The number of imide groups is 1. The highest BCUT2D eigenvalue weighted by Gasteiger charge is 2.61. The molecule has 152 valence electrons. The Morgan fingerprint density at radius 2 is 1.77 bits per heavy atom. The van der Waals surface area contributed by atoms with E-state index in [2.05, 4.69) is 5.32 Å². The molecule has 2 aromatic carbocycles. The van der Waals surface area contributed by atoms with Gasteiger partial charge in [0.15, 0.2) is 5.78 Å². The Bertz CT molecular complexity index is 1110. The van der Waals surface area contributed by atoms with Gasteiger partial charge >= 0.3 is 0 Å². The normalized spacial score (nSPS) is 26.0. The van der Waals surface area contributed by atoms with Crippen LogP contribution in [0.15, 0.2) is 48.7 Å². The Balaban J connectivity index is 1.65. The second-order valence-electron chi connectivity index (χ2n) is 7.62. The fourth-order valence-corrected chi connectivity index (χ4v) is 4.94. The van der Waals surface area contributed by atoms with Gasteiger partial charge in [0, 0.05) is 6.20 Å². The van der Waals surface area contributed by atoms with E-state index in [4.69, 9.17) is 9.47 Å². The zero-order chi connectivity index (χ0) is 21.0. The second-order valence-corrected chi connectivity index (χ2v) is 7.62. The molecule has 0 saturated carbocycles. The van der Waals surface area contributed by atoms with Crippen molar-refractivity contribution in [1.29, 1.82) is 0 Å². The van der Waals surface area contributed by atoms with Crippen LogP contribution in [0.4, 0.5) is 0 Å². The van der Waals surface area contributed by atoms with Gasteiger partial charge in [0.05, 0.1) is 37.7 Å². The quantitative estimate of drug-likeness (QED) is 0.621. The molecule has 1 N–H and O–H groups in total. The minimum atomic E-state index is -0.822. The number of carbonyl (C=O) groups excluding carboxylic acids is 3. The lowest BCUT2D eigenvalue weighted by atomic mass is 9.83. The molecule has 5 rings (SSSR count). The number of ketones is 1. The molecule has 0 spiro atoms. The lowest BCUT2D eigenvalue weighted by Crippen LogP contribution is -2.43. The Labute approximate surface area is 173 Å². The van der Waals surface area contributed by atoms with Crippen LogP contribution in [0.25, 0.3) is 6.08 Å². The molecule has 4 atom stereocenters. The van der Waals surface area contributed by atoms with E-state index in [-0.39, 0.29) is 17.7 Å². The molecule has 0 radical (unpaired) electrons. The Morgan fingerprint density at radius 3 is 2.53 bits per heavy atom. The van der Waals surface area contributed by atoms with Gasteiger partial charge in [-0.2, -0.15) is 0 Å². The summed E-state index contributed by atoms with van der Waals surface area (Å²) < 4.78 is 10.7. The van der Waals surface area contributed by atoms with Gasteiger partial charge in [-0.25, -0.2) is 0 Å². The smallest absolute Gasteiger partial charge is 0.233 e. The first-order valence-electron chi connectivity index (χ1n) is 9.70. The predicted octanol–water partition coefficient (Wildman–Crippen LogP) is 2.19. The van der Waals surface area contributed by atoms with Crippen molar-refractivity contribution in [3.63, 3.8) is 0 Å². The average Bonchev–Trinajstić information content (AvgIpc) is 3.27. The first kappa shape index (κ1) is 18.4. The summed E-state index contributed by atoms with van der Waals surface area (Å²) in [6.45, 7) is 0. The zero-order valence-corrected chi connectivity index (χ0v) is 16.5. The van der Waals surface area contributed by atoms with Gasteiger partial charge in [0.1, 0.15) is 17.5 Å². The molecule has 0 bridgehead atoms. The van der Waals surface area contributed by atoms with Gasteiger partial charge < -0.3 is 14.4 Å². The number of carbonyl (C=O) groups is 3. The Hall–Kier alpha value is -3.61. The summed E-state index contributed by atoms with van der Waals surface area (Å²) in [7, 11) is 3.01. The van der Waals surface area contributed by atoms with Crippen LogP contribution < -0.4 is 14.8 Å². The van der Waals surface area contributed by atoms with Crippen molar-refractivity contribution in [2.45, 2.75) is 12.1 Å². The van der Waals surface area contributed by atoms with E-state index >= 15 is 0 Å². The molecule has 3 aliphatic heterocycles. The third-order valence-electron chi connectivity index (χ3n) is 6.24. The van der Waals surface area contributed by atoms with E-state index in [1.165, 1.54) is 14.2 Å². The van der Waals surface area contributed by atoms with Gasteiger partial charge in [-0.3, -0.25) is 19.7 Å². The average molecular weight is 404 g/mol. The van der Waals surface area contributed by atoms with Gasteiger partial charge in [-0.05, 0) is 35.4 Å². The summed E-state index contributed by atoms with van der Waals surface area (Å²) in [5.41, 5.74) is 2.24. The number of hydrogen-bond donors (Lipinski definition) is 1. The summed E-state index contributed by atoms with van der Waals surface area (Å²) in [4.78, 5) is 41.1. The lowest BCUT2D eigenvalue weighted by Gasteiger charge is -2.34. The SMILES string of the molecule is COc1ccc(OC)c(C(=O)[C@@H]2[C@@H]3C(=O)NC(=O)[C@@H]3C3c4ccccc4C=CN32)c1. The van der Waals surface area contributed by atoms with Crippen molar-refractivity contribution < 1.29 is 23.9 Å². The first-order valence-corrected chi connectivity index (χ1v) is 9.70. The first-order chi connectivity index (χ1) is 14.5. The highest BCUT2D eigenvalue weighted by Crippen LogP contribution is 2.51. The number of amides is 2.